The van der Waals surface area contributed by atoms with Gasteiger partial charge in [-0.25, -0.2) is 0 Å². The van der Waals surface area contributed by atoms with E-state index in [9.17, 15) is 45.6 Å². The van der Waals surface area contributed by atoms with E-state index < -0.39 is 86.8 Å². The predicted octanol–water partition coefficient (Wildman–Crippen LogP) is 1.87. The number of nitrogens with one attached hydrogen (secondary N) is 1. The Balaban J connectivity index is 1.90. The molecule has 0 spiro atoms. The van der Waals surface area contributed by atoms with Gasteiger partial charge in [-0.1, -0.05) is 89.5 Å². The van der Waals surface area contributed by atoms with Crippen LogP contribution in [0.4, 0.5) is 0 Å². The summed E-state index contributed by atoms with van der Waals surface area (Å²) < 4.78 is 22.4. The number of aliphatic hydroxyl groups is 8. The molecule has 304 valence electrons. The zero-order valence-electron chi connectivity index (χ0n) is 31.3. The van der Waals surface area contributed by atoms with Crippen molar-refractivity contribution in [2.45, 2.75) is 190 Å². The van der Waals surface area contributed by atoms with E-state index in [-0.39, 0.29) is 18.9 Å². The predicted molar refractivity (Wildman–Crippen MR) is 194 cm³/mol. The van der Waals surface area contributed by atoms with Gasteiger partial charge < -0.3 is 65.1 Å². The van der Waals surface area contributed by atoms with Crippen molar-refractivity contribution in [2.24, 2.45) is 0 Å². The zero-order chi connectivity index (χ0) is 38.3. The minimum atomic E-state index is -1.78. The number of carbonyl (C=O) groups excluding carboxylic acids is 1. The van der Waals surface area contributed by atoms with Crippen LogP contribution in [0.5, 0.6) is 0 Å². The first-order chi connectivity index (χ1) is 25.1. The van der Waals surface area contributed by atoms with Crippen LogP contribution in [0.1, 0.15) is 117 Å². The van der Waals surface area contributed by atoms with E-state index >= 15 is 0 Å². The van der Waals surface area contributed by atoms with Crippen LogP contribution in [0.3, 0.4) is 0 Å². The summed E-state index contributed by atoms with van der Waals surface area (Å²) in [6.07, 6.45) is 7.24. The van der Waals surface area contributed by atoms with Gasteiger partial charge in [-0.05, 0) is 44.9 Å². The highest BCUT2D eigenvalue weighted by Crippen LogP contribution is 2.29. The van der Waals surface area contributed by atoms with Crippen LogP contribution in [-0.4, -0.2) is 140 Å². The fraction of sp³-hybridized carbons (Fsp3) is 0.868. The summed E-state index contributed by atoms with van der Waals surface area (Å²) in [5, 5.41) is 85.7. The van der Waals surface area contributed by atoms with Crippen LogP contribution in [-0.2, 0) is 23.7 Å². The number of aliphatic hydroxyl groups excluding tert-OH is 8. The molecule has 2 saturated heterocycles. The summed E-state index contributed by atoms with van der Waals surface area (Å²) in [7, 11) is 0. The number of unbranched alkanes of at least 4 members (excludes halogenated alkanes) is 12. The van der Waals surface area contributed by atoms with Crippen LogP contribution in [0.15, 0.2) is 24.3 Å². The average molecular weight is 748 g/mol. The molecule has 0 aromatic carbocycles. The third-order valence-corrected chi connectivity index (χ3v) is 9.63. The summed E-state index contributed by atoms with van der Waals surface area (Å²) in [4.78, 5) is 12.9. The van der Waals surface area contributed by atoms with Crippen LogP contribution in [0.25, 0.3) is 0 Å². The molecule has 1 amide bonds. The minimum Gasteiger partial charge on any atom is -0.394 e. The van der Waals surface area contributed by atoms with Gasteiger partial charge in [-0.15, -0.1) is 0 Å². The van der Waals surface area contributed by atoms with Gasteiger partial charge in [0.05, 0.1) is 32.0 Å². The van der Waals surface area contributed by atoms with Gasteiger partial charge in [0.2, 0.25) is 5.91 Å². The van der Waals surface area contributed by atoms with Gasteiger partial charge in [0.25, 0.3) is 0 Å². The number of hydrogen-bond donors (Lipinski definition) is 9. The van der Waals surface area contributed by atoms with Crippen LogP contribution >= 0.6 is 0 Å². The zero-order valence-corrected chi connectivity index (χ0v) is 31.3. The molecular weight excluding hydrogens is 678 g/mol. The van der Waals surface area contributed by atoms with E-state index in [1.165, 1.54) is 25.7 Å². The number of allylic oxidation sites excluding steroid dienone is 3. The van der Waals surface area contributed by atoms with Gasteiger partial charge in [0.1, 0.15) is 48.8 Å². The lowest BCUT2D eigenvalue weighted by Crippen LogP contribution is -2.65. The third kappa shape index (κ3) is 16.5. The van der Waals surface area contributed by atoms with E-state index in [0.29, 0.717) is 6.42 Å². The SMILES string of the molecule is CCCCC/C=C/C(O)C(COC1OC(CO)C(OC2OC(CO)C(O)C(O)C2O)C(O)C1O)NC(=O)CCCCCCC/C=C\CCCCCC. The lowest BCUT2D eigenvalue weighted by atomic mass is 9.97. The standard InChI is InChI=1S/C38H69NO13/c1-3-5-7-9-10-11-12-13-14-15-16-18-20-22-30(43)39-26(27(42)21-19-17-8-6-4-2)25-49-37-35(48)33(46)36(29(24-41)51-37)52-38-34(47)32(45)31(44)28(23-40)50-38/h11-12,19,21,26-29,31-38,40-42,44-48H,3-10,13-18,20,22-25H2,1-2H3,(H,39,43)/b12-11-,21-19+. The van der Waals surface area contributed by atoms with E-state index in [1.54, 1.807) is 6.08 Å². The third-order valence-electron chi connectivity index (χ3n) is 9.63. The van der Waals surface area contributed by atoms with Crippen molar-refractivity contribution in [3.05, 3.63) is 24.3 Å². The largest absolute Gasteiger partial charge is 0.394 e. The normalized spacial score (nSPS) is 31.0. The minimum absolute atomic E-state index is 0.260. The molecule has 2 heterocycles. The molecule has 9 N–H and O–H groups in total. The molecule has 0 aromatic rings. The second kappa shape index (κ2) is 27.1. The van der Waals surface area contributed by atoms with Gasteiger partial charge in [0.15, 0.2) is 12.6 Å². The highest BCUT2D eigenvalue weighted by molar-refractivity contribution is 5.76. The number of ether oxygens (including phenoxy) is 4. The molecule has 12 unspecified atom stereocenters. The lowest BCUT2D eigenvalue weighted by molar-refractivity contribution is -0.359. The van der Waals surface area contributed by atoms with Gasteiger partial charge in [-0.3, -0.25) is 4.79 Å². The van der Waals surface area contributed by atoms with Crippen LogP contribution in [0, 0.1) is 0 Å². The Morgan fingerprint density at radius 1 is 0.673 bits per heavy atom. The number of hydrogen-bond acceptors (Lipinski definition) is 13. The van der Waals surface area contributed by atoms with E-state index in [0.717, 1.165) is 64.2 Å². The summed E-state index contributed by atoms with van der Waals surface area (Å²) in [6, 6.07) is -0.910. The average Bonchev–Trinajstić information content (AvgIpc) is 3.14. The molecule has 2 aliphatic rings. The maximum atomic E-state index is 12.9. The fourth-order valence-corrected chi connectivity index (χ4v) is 6.28. The fourth-order valence-electron chi connectivity index (χ4n) is 6.28. The summed E-state index contributed by atoms with van der Waals surface area (Å²) in [5.41, 5.74) is 0. The molecular formula is C38H69NO13. The monoisotopic (exact) mass is 747 g/mol. The smallest absolute Gasteiger partial charge is 0.220 e. The Labute approximate surface area is 309 Å². The molecule has 0 radical (unpaired) electrons. The quantitative estimate of drug-likeness (QED) is 0.0433. The van der Waals surface area contributed by atoms with Crippen molar-refractivity contribution in [1.82, 2.24) is 5.32 Å². The molecule has 2 aliphatic heterocycles. The maximum Gasteiger partial charge on any atom is 0.220 e. The summed E-state index contributed by atoms with van der Waals surface area (Å²) in [6.45, 7) is 2.59. The summed E-state index contributed by atoms with van der Waals surface area (Å²) >= 11 is 0. The Kier molecular flexibility index (Phi) is 24.3. The molecule has 0 aliphatic carbocycles. The highest BCUT2D eigenvalue weighted by atomic mass is 16.7. The van der Waals surface area contributed by atoms with Crippen molar-refractivity contribution >= 4 is 5.91 Å². The molecule has 0 aromatic heterocycles. The molecule has 12 atom stereocenters. The molecule has 2 fully saturated rings. The highest BCUT2D eigenvalue weighted by Gasteiger charge is 2.50. The Morgan fingerprint density at radius 2 is 1.21 bits per heavy atom. The maximum absolute atomic E-state index is 12.9. The first-order valence-corrected chi connectivity index (χ1v) is 19.6. The van der Waals surface area contributed by atoms with Crippen molar-refractivity contribution in [3.63, 3.8) is 0 Å². The van der Waals surface area contributed by atoms with Crippen molar-refractivity contribution in [1.29, 1.82) is 0 Å². The van der Waals surface area contributed by atoms with Crippen LogP contribution in [0.2, 0.25) is 0 Å². The molecule has 52 heavy (non-hydrogen) atoms. The molecule has 14 heteroatoms. The van der Waals surface area contributed by atoms with Crippen molar-refractivity contribution < 1.29 is 64.6 Å². The van der Waals surface area contributed by atoms with Gasteiger partial charge in [0, 0.05) is 6.42 Å². The molecule has 14 nitrogen and oxygen atoms in total. The Morgan fingerprint density at radius 3 is 1.87 bits per heavy atom. The first-order valence-electron chi connectivity index (χ1n) is 19.6. The lowest BCUT2D eigenvalue weighted by Gasteiger charge is -2.46. The second-order valence-corrected chi connectivity index (χ2v) is 14.1. The molecule has 0 bridgehead atoms. The van der Waals surface area contributed by atoms with Crippen LogP contribution < -0.4 is 5.32 Å². The summed E-state index contributed by atoms with van der Waals surface area (Å²) in [5.74, 6) is -0.260. The second-order valence-electron chi connectivity index (χ2n) is 14.1. The number of carbonyl (C=O) groups is 1. The first kappa shape index (κ1) is 46.6. The van der Waals surface area contributed by atoms with E-state index in [2.05, 4.69) is 31.3 Å². The van der Waals surface area contributed by atoms with Gasteiger partial charge in [-0.2, -0.15) is 0 Å². The van der Waals surface area contributed by atoms with E-state index in [1.807, 2.05) is 6.08 Å². The van der Waals surface area contributed by atoms with Crippen molar-refractivity contribution in [2.75, 3.05) is 19.8 Å². The Hall–Kier alpha value is -1.53. The Bertz CT molecular complexity index is 983. The number of amides is 1. The number of rotatable bonds is 27. The molecule has 0 saturated carbocycles. The van der Waals surface area contributed by atoms with Gasteiger partial charge >= 0.3 is 0 Å². The van der Waals surface area contributed by atoms with E-state index in [4.69, 9.17) is 18.9 Å². The molecule has 2 rings (SSSR count). The topological polar surface area (TPSA) is 228 Å². The van der Waals surface area contributed by atoms with Crippen molar-refractivity contribution in [3.8, 4) is 0 Å².